The Balaban J connectivity index is 2.67. The van der Waals surface area contributed by atoms with E-state index in [0.717, 1.165) is 5.57 Å². The van der Waals surface area contributed by atoms with Crippen molar-refractivity contribution in [3.05, 3.63) is 29.3 Å². The maximum atomic E-state index is 11.6. The van der Waals surface area contributed by atoms with Gasteiger partial charge in [-0.1, -0.05) is 6.58 Å². The predicted molar refractivity (Wildman–Crippen MR) is 73.6 cm³/mol. The Hall–Kier alpha value is -2.01. The van der Waals surface area contributed by atoms with Crippen LogP contribution in [0.1, 0.15) is 35.9 Å². The maximum Gasteiger partial charge on any atom is 0.204 e. The third-order valence-corrected chi connectivity index (χ3v) is 3.39. The molecule has 2 unspecified atom stereocenters. The maximum absolute atomic E-state index is 11.6. The van der Waals surface area contributed by atoms with Crippen molar-refractivity contribution in [2.75, 3.05) is 14.2 Å². The summed E-state index contributed by atoms with van der Waals surface area (Å²) in [7, 11) is 2.98. The summed E-state index contributed by atoms with van der Waals surface area (Å²) in [6.45, 7) is 7.10. The van der Waals surface area contributed by atoms with Crippen LogP contribution in [0.2, 0.25) is 0 Å². The fourth-order valence-electron chi connectivity index (χ4n) is 2.40. The first-order chi connectivity index (χ1) is 9.42. The lowest BCUT2D eigenvalue weighted by Crippen LogP contribution is -2.20. The summed E-state index contributed by atoms with van der Waals surface area (Å²) in [5.41, 5.74) is 1.66. The lowest BCUT2D eigenvalue weighted by molar-refractivity contribution is 0.0440. The molecular weight excluding hydrogens is 260 g/mol. The molecule has 1 aliphatic rings. The van der Waals surface area contributed by atoms with Gasteiger partial charge in [-0.2, -0.15) is 0 Å². The van der Waals surface area contributed by atoms with E-state index in [1.165, 1.54) is 14.0 Å². The number of phenolic OH excluding ortho intramolecular Hbond substituents is 1. The van der Waals surface area contributed by atoms with Crippen molar-refractivity contribution in [3.8, 4) is 17.2 Å². The van der Waals surface area contributed by atoms with Gasteiger partial charge in [-0.15, -0.1) is 0 Å². The second-order valence-corrected chi connectivity index (χ2v) is 4.82. The number of ether oxygens (including phenoxy) is 3. The van der Waals surface area contributed by atoms with Crippen molar-refractivity contribution in [1.82, 2.24) is 0 Å². The Kier molecular flexibility index (Phi) is 3.72. The van der Waals surface area contributed by atoms with E-state index in [2.05, 4.69) is 6.58 Å². The van der Waals surface area contributed by atoms with Crippen molar-refractivity contribution in [2.45, 2.75) is 26.1 Å². The molecule has 1 aromatic rings. The smallest absolute Gasteiger partial charge is 0.204 e. The van der Waals surface area contributed by atoms with Crippen LogP contribution in [0, 0.1) is 0 Å². The second-order valence-electron chi connectivity index (χ2n) is 4.82. The minimum atomic E-state index is -0.380. The molecule has 2 atom stereocenters. The first-order valence-electron chi connectivity index (χ1n) is 6.22. The molecule has 1 aliphatic heterocycles. The number of Topliss-reactive ketones (excluding diaryl/α,β-unsaturated/α-hetero) is 1. The third-order valence-electron chi connectivity index (χ3n) is 3.39. The molecule has 0 saturated heterocycles. The number of methoxy groups -OCH3 is 2. The molecular formula is C15H18O5. The van der Waals surface area contributed by atoms with Gasteiger partial charge in [0.1, 0.15) is 12.2 Å². The molecule has 20 heavy (non-hydrogen) atoms. The molecule has 1 heterocycles. The molecule has 0 spiro atoms. The van der Waals surface area contributed by atoms with Gasteiger partial charge >= 0.3 is 0 Å². The van der Waals surface area contributed by atoms with Crippen molar-refractivity contribution in [2.24, 2.45) is 0 Å². The van der Waals surface area contributed by atoms with E-state index < -0.39 is 0 Å². The highest BCUT2D eigenvalue weighted by Gasteiger charge is 2.39. The van der Waals surface area contributed by atoms with Gasteiger partial charge in [0.15, 0.2) is 17.3 Å². The highest BCUT2D eigenvalue weighted by Crippen LogP contribution is 2.51. The van der Waals surface area contributed by atoms with Gasteiger partial charge in [-0.25, -0.2) is 0 Å². The van der Waals surface area contributed by atoms with Crippen LogP contribution in [0.15, 0.2) is 18.2 Å². The average Bonchev–Trinajstić information content (AvgIpc) is 2.75. The number of fused-ring (bicyclic) bond motifs is 1. The summed E-state index contributed by atoms with van der Waals surface area (Å²) in [5, 5.41) is 10.1. The molecule has 5 nitrogen and oxygen atoms in total. The number of ketones is 1. The number of rotatable bonds is 4. The number of carbonyl (C=O) groups excluding carboxylic acids is 1. The zero-order valence-corrected chi connectivity index (χ0v) is 12.0. The molecule has 0 amide bonds. The summed E-state index contributed by atoms with van der Waals surface area (Å²) in [5.74, 6) is 0.0848. The molecule has 0 aliphatic carbocycles. The van der Waals surface area contributed by atoms with Crippen molar-refractivity contribution < 1.29 is 24.1 Å². The van der Waals surface area contributed by atoms with E-state index in [9.17, 15) is 9.90 Å². The van der Waals surface area contributed by atoms with Gasteiger partial charge in [0.05, 0.1) is 12.7 Å². The lowest BCUT2D eigenvalue weighted by Gasteiger charge is -2.17. The average molecular weight is 278 g/mol. The summed E-state index contributed by atoms with van der Waals surface area (Å²) in [6, 6.07) is 1.59. The molecule has 5 heteroatoms. The Morgan fingerprint density at radius 2 is 2.05 bits per heavy atom. The van der Waals surface area contributed by atoms with Crippen LogP contribution >= 0.6 is 0 Å². The van der Waals surface area contributed by atoms with Crippen molar-refractivity contribution in [3.63, 3.8) is 0 Å². The van der Waals surface area contributed by atoms with Crippen LogP contribution in [0.25, 0.3) is 0 Å². The topological polar surface area (TPSA) is 65.0 Å². The fraction of sp³-hybridized carbons (Fsp3) is 0.400. The van der Waals surface area contributed by atoms with Crippen LogP contribution in [0.3, 0.4) is 0 Å². The molecule has 0 radical (unpaired) electrons. The summed E-state index contributed by atoms with van der Waals surface area (Å²) < 4.78 is 16.4. The zero-order valence-electron chi connectivity index (χ0n) is 12.0. The zero-order chi connectivity index (χ0) is 15.0. The van der Waals surface area contributed by atoms with Crippen LogP contribution in [-0.2, 0) is 4.74 Å². The molecule has 1 aromatic carbocycles. The van der Waals surface area contributed by atoms with Gasteiger partial charge in [-0.05, 0) is 25.5 Å². The number of carbonyl (C=O) groups is 1. The van der Waals surface area contributed by atoms with E-state index in [4.69, 9.17) is 14.2 Å². The minimum absolute atomic E-state index is 0.151. The van der Waals surface area contributed by atoms with Crippen LogP contribution < -0.4 is 9.47 Å². The number of hydrogen-bond acceptors (Lipinski definition) is 5. The normalized spacial score (nSPS) is 20.2. The van der Waals surface area contributed by atoms with Crippen LogP contribution in [0.5, 0.6) is 17.2 Å². The Morgan fingerprint density at radius 1 is 1.40 bits per heavy atom. The monoisotopic (exact) mass is 278 g/mol. The fourth-order valence-corrected chi connectivity index (χ4v) is 2.40. The van der Waals surface area contributed by atoms with Crippen molar-refractivity contribution in [1.29, 1.82) is 0 Å². The molecule has 0 bridgehead atoms. The molecule has 108 valence electrons. The van der Waals surface area contributed by atoms with Crippen LogP contribution in [-0.4, -0.2) is 31.2 Å². The summed E-state index contributed by atoms with van der Waals surface area (Å²) in [6.07, 6.45) is -0.749. The lowest BCUT2D eigenvalue weighted by atomic mass is 9.98. The summed E-state index contributed by atoms with van der Waals surface area (Å²) >= 11 is 0. The first kappa shape index (κ1) is 14.4. The molecule has 0 aromatic heterocycles. The SMILES string of the molecule is C=C(C)C1Oc2c(cc(C(C)=O)c(O)c2OC)C1OC. The van der Waals surface area contributed by atoms with Gasteiger partial charge in [0.2, 0.25) is 5.75 Å². The second kappa shape index (κ2) is 5.17. The van der Waals surface area contributed by atoms with Gasteiger partial charge in [0, 0.05) is 12.7 Å². The van der Waals surface area contributed by atoms with E-state index in [0.29, 0.717) is 11.3 Å². The predicted octanol–water partition coefficient (Wildman–Crippen LogP) is 2.63. The van der Waals surface area contributed by atoms with Crippen molar-refractivity contribution >= 4 is 5.78 Å². The highest BCUT2D eigenvalue weighted by molar-refractivity contribution is 5.98. The van der Waals surface area contributed by atoms with E-state index in [1.54, 1.807) is 13.2 Å². The number of aromatic hydroxyl groups is 1. The van der Waals surface area contributed by atoms with E-state index >= 15 is 0 Å². The van der Waals surface area contributed by atoms with Gasteiger partial charge < -0.3 is 19.3 Å². The third kappa shape index (κ3) is 2.04. The van der Waals surface area contributed by atoms with Gasteiger partial charge in [0.25, 0.3) is 0 Å². The Labute approximate surface area is 117 Å². The summed E-state index contributed by atoms with van der Waals surface area (Å²) in [4.78, 5) is 11.6. The molecule has 2 rings (SSSR count). The standard InChI is InChI=1S/C15H18O5/c1-7(2)12-13(18-4)10-6-9(8(3)16)11(17)15(19-5)14(10)20-12/h6,12-13,17H,1H2,2-5H3. The number of hydrogen-bond donors (Lipinski definition) is 1. The highest BCUT2D eigenvalue weighted by atomic mass is 16.6. The van der Waals surface area contributed by atoms with E-state index in [-0.39, 0.29) is 35.1 Å². The minimum Gasteiger partial charge on any atom is -0.504 e. The number of phenols is 1. The Morgan fingerprint density at radius 3 is 2.50 bits per heavy atom. The van der Waals surface area contributed by atoms with E-state index in [1.807, 2.05) is 6.92 Å². The molecule has 1 N–H and O–H groups in total. The van der Waals surface area contributed by atoms with Gasteiger partial charge in [-0.3, -0.25) is 4.79 Å². The molecule has 0 saturated carbocycles. The molecule has 0 fully saturated rings. The number of benzene rings is 1. The van der Waals surface area contributed by atoms with Crippen LogP contribution in [0.4, 0.5) is 0 Å². The largest absolute Gasteiger partial charge is 0.504 e. The Bertz CT molecular complexity index is 576. The first-order valence-corrected chi connectivity index (χ1v) is 6.22. The quantitative estimate of drug-likeness (QED) is 0.677.